The predicted molar refractivity (Wildman–Crippen MR) is 149 cm³/mol. The zero-order chi connectivity index (χ0) is 27.3. The number of nitrogens with one attached hydrogen (secondary N) is 1. The summed E-state index contributed by atoms with van der Waals surface area (Å²) in [6, 6.07) is 6.97. The smallest absolute Gasteiger partial charge is 0.227 e. The van der Waals surface area contributed by atoms with Gasteiger partial charge < -0.3 is 10.2 Å². The lowest BCUT2D eigenvalue weighted by Gasteiger charge is -2.47. The molecule has 0 bridgehead atoms. The van der Waals surface area contributed by atoms with Crippen molar-refractivity contribution in [2.75, 3.05) is 26.2 Å². The van der Waals surface area contributed by atoms with E-state index in [1.807, 2.05) is 37.8 Å². The van der Waals surface area contributed by atoms with E-state index in [9.17, 15) is 14.0 Å². The summed E-state index contributed by atoms with van der Waals surface area (Å²) in [6.45, 7) is 16.6. The quantitative estimate of drug-likeness (QED) is 0.491. The van der Waals surface area contributed by atoms with Crippen molar-refractivity contribution in [3.05, 3.63) is 35.6 Å². The second-order valence-corrected chi connectivity index (χ2v) is 13.5. The first-order valence-corrected chi connectivity index (χ1v) is 14.4. The summed E-state index contributed by atoms with van der Waals surface area (Å²) in [6.07, 6.45) is 9.86. The molecule has 0 aromatic heterocycles. The predicted octanol–water partition coefficient (Wildman–Crippen LogP) is 6.13. The van der Waals surface area contributed by atoms with Crippen molar-refractivity contribution >= 4 is 12.3 Å². The molecule has 3 aliphatic rings. The monoisotopic (exact) mass is 515 g/mol. The molecule has 1 N–H and O–H groups in total. The topological polar surface area (TPSA) is 52.7 Å². The van der Waals surface area contributed by atoms with Gasteiger partial charge in [-0.2, -0.15) is 0 Å². The Morgan fingerprint density at radius 1 is 0.946 bits per heavy atom. The fourth-order valence-electron chi connectivity index (χ4n) is 6.35. The number of hydrogen-bond donors (Lipinski definition) is 1. The van der Waals surface area contributed by atoms with Crippen LogP contribution in [0.3, 0.4) is 0 Å². The molecule has 2 aliphatic heterocycles. The van der Waals surface area contributed by atoms with Crippen molar-refractivity contribution in [2.24, 2.45) is 11.3 Å². The Morgan fingerprint density at radius 3 is 2.03 bits per heavy atom. The molecule has 37 heavy (non-hydrogen) atoms. The molecular formula is C31H50FN3O2. The van der Waals surface area contributed by atoms with E-state index in [0.717, 1.165) is 45.4 Å². The summed E-state index contributed by atoms with van der Waals surface area (Å²) >= 11 is 0. The molecule has 2 heterocycles. The van der Waals surface area contributed by atoms with Gasteiger partial charge in [-0.25, -0.2) is 4.39 Å². The van der Waals surface area contributed by atoms with Gasteiger partial charge in [-0.1, -0.05) is 31.4 Å². The molecule has 6 heteroatoms. The molecule has 208 valence electrons. The lowest BCUT2D eigenvalue weighted by Crippen LogP contribution is -2.56. The van der Waals surface area contributed by atoms with E-state index in [0.29, 0.717) is 11.8 Å². The number of likely N-dealkylation sites (tertiary alicyclic amines) is 2. The van der Waals surface area contributed by atoms with E-state index >= 15 is 0 Å². The van der Waals surface area contributed by atoms with Gasteiger partial charge in [0, 0.05) is 30.7 Å². The van der Waals surface area contributed by atoms with Crippen LogP contribution < -0.4 is 5.32 Å². The van der Waals surface area contributed by atoms with Crippen LogP contribution in [0.15, 0.2) is 24.3 Å². The van der Waals surface area contributed by atoms with Gasteiger partial charge in [0.1, 0.15) is 5.82 Å². The zero-order valence-electron chi connectivity index (χ0n) is 24.1. The van der Waals surface area contributed by atoms with Crippen molar-refractivity contribution < 1.29 is 14.0 Å². The molecule has 1 aromatic carbocycles. The number of amides is 2. The van der Waals surface area contributed by atoms with Crippen LogP contribution in [0.2, 0.25) is 0 Å². The van der Waals surface area contributed by atoms with E-state index in [1.54, 1.807) is 12.1 Å². The maximum atomic E-state index is 13.0. The van der Waals surface area contributed by atoms with Gasteiger partial charge in [-0.05, 0) is 110 Å². The number of carbonyl (C=O) groups is 2. The van der Waals surface area contributed by atoms with E-state index in [2.05, 4.69) is 31.0 Å². The number of nitrogens with zero attached hydrogens (tertiary/aromatic N) is 2. The number of halogens is 1. The van der Waals surface area contributed by atoms with Crippen LogP contribution in [-0.2, 0) is 9.59 Å². The van der Waals surface area contributed by atoms with Gasteiger partial charge in [-0.15, -0.1) is 0 Å². The molecule has 1 aromatic rings. The van der Waals surface area contributed by atoms with Crippen molar-refractivity contribution in [2.45, 2.75) is 110 Å². The minimum absolute atomic E-state index is 0.144. The highest BCUT2D eigenvalue weighted by atomic mass is 19.1. The van der Waals surface area contributed by atoms with Gasteiger partial charge in [0.05, 0.1) is 5.41 Å². The summed E-state index contributed by atoms with van der Waals surface area (Å²) in [7, 11) is 0. The molecule has 0 radical (unpaired) electrons. The molecule has 2 amide bonds. The van der Waals surface area contributed by atoms with Crippen LogP contribution in [0, 0.1) is 17.2 Å². The molecule has 2 saturated heterocycles. The summed E-state index contributed by atoms with van der Waals surface area (Å²) in [5.74, 6) is 1.13. The molecule has 0 spiro atoms. The lowest BCUT2D eigenvalue weighted by atomic mass is 9.63. The third-order valence-corrected chi connectivity index (χ3v) is 8.65. The maximum absolute atomic E-state index is 13.0. The normalized spacial score (nSPS) is 23.2. The summed E-state index contributed by atoms with van der Waals surface area (Å²) < 4.78 is 12.8. The molecular weight excluding hydrogens is 465 g/mol. The standard InChI is InChI=1S/C17H30N2O2.C14H20FN/c1-16(2,3)18-15(21)17(14-7-5-4-6-8-14)9-11-19(13-20)12-10-17;1-14(2,3)16-9-8-12(10-16)11-4-6-13(15)7-5-11/h13-14H,4-12H2,1-3H3,(H,18,21);4-7,12H,8-10H2,1-3H3/t;12-/m.0/s1. The average molecular weight is 516 g/mol. The van der Waals surface area contributed by atoms with Crippen LogP contribution >= 0.6 is 0 Å². The van der Waals surface area contributed by atoms with Crippen molar-refractivity contribution in [3.8, 4) is 0 Å². The number of hydrogen-bond acceptors (Lipinski definition) is 3. The Bertz CT molecular complexity index is 873. The molecule has 3 fully saturated rings. The van der Waals surface area contributed by atoms with E-state index < -0.39 is 0 Å². The van der Waals surface area contributed by atoms with E-state index in [4.69, 9.17) is 0 Å². The van der Waals surface area contributed by atoms with E-state index in [-0.39, 0.29) is 28.2 Å². The molecule has 0 unspecified atom stereocenters. The van der Waals surface area contributed by atoms with E-state index in [1.165, 1.54) is 44.1 Å². The van der Waals surface area contributed by atoms with Gasteiger partial charge in [0.15, 0.2) is 0 Å². The summed E-state index contributed by atoms with van der Waals surface area (Å²) in [5, 5.41) is 3.21. The van der Waals surface area contributed by atoms with Crippen molar-refractivity contribution in [1.29, 1.82) is 0 Å². The first-order valence-electron chi connectivity index (χ1n) is 14.4. The zero-order valence-corrected chi connectivity index (χ0v) is 24.1. The fourth-order valence-corrected chi connectivity index (χ4v) is 6.35. The van der Waals surface area contributed by atoms with Crippen LogP contribution in [0.4, 0.5) is 4.39 Å². The largest absolute Gasteiger partial charge is 0.351 e. The molecule has 1 aliphatic carbocycles. The summed E-state index contributed by atoms with van der Waals surface area (Å²) in [5.41, 5.74) is 1.07. The minimum Gasteiger partial charge on any atom is -0.351 e. The highest BCUT2D eigenvalue weighted by Gasteiger charge is 2.48. The first kappa shape index (κ1) is 29.6. The first-order chi connectivity index (χ1) is 17.3. The van der Waals surface area contributed by atoms with Gasteiger partial charge >= 0.3 is 0 Å². The number of benzene rings is 1. The molecule has 1 saturated carbocycles. The fraction of sp³-hybridized carbons (Fsp3) is 0.742. The number of piperidine rings is 1. The van der Waals surface area contributed by atoms with Gasteiger partial charge in [-0.3, -0.25) is 14.5 Å². The SMILES string of the molecule is CC(C)(C)N1CC[C@H](c2ccc(F)cc2)C1.CC(C)(C)NC(=O)C1(C2CCCCC2)CCN(C=O)CC1. The number of carbonyl (C=O) groups excluding carboxylic acids is 2. The van der Waals surface area contributed by atoms with Crippen LogP contribution in [0.1, 0.15) is 104 Å². The maximum Gasteiger partial charge on any atom is 0.227 e. The highest BCUT2D eigenvalue weighted by molar-refractivity contribution is 5.84. The van der Waals surface area contributed by atoms with Gasteiger partial charge in [0.2, 0.25) is 12.3 Å². The van der Waals surface area contributed by atoms with Crippen LogP contribution in [0.5, 0.6) is 0 Å². The van der Waals surface area contributed by atoms with Crippen molar-refractivity contribution in [3.63, 3.8) is 0 Å². The van der Waals surface area contributed by atoms with Crippen LogP contribution in [-0.4, -0.2) is 59.4 Å². The Kier molecular flexibility index (Phi) is 9.82. The molecule has 5 nitrogen and oxygen atoms in total. The second kappa shape index (κ2) is 12.3. The van der Waals surface area contributed by atoms with Crippen molar-refractivity contribution in [1.82, 2.24) is 15.1 Å². The lowest BCUT2D eigenvalue weighted by molar-refractivity contribution is -0.143. The molecule has 4 rings (SSSR count). The molecule has 1 atom stereocenters. The second-order valence-electron chi connectivity index (χ2n) is 13.5. The highest BCUT2D eigenvalue weighted by Crippen LogP contribution is 2.46. The van der Waals surface area contributed by atoms with Gasteiger partial charge in [0.25, 0.3) is 0 Å². The summed E-state index contributed by atoms with van der Waals surface area (Å²) in [4.78, 5) is 28.3. The Morgan fingerprint density at radius 2 is 1.54 bits per heavy atom. The Hall–Kier alpha value is -1.95. The average Bonchev–Trinajstić information content (AvgIpc) is 3.36. The number of rotatable bonds is 4. The Balaban J connectivity index is 0.000000213. The van der Waals surface area contributed by atoms with Crippen LogP contribution in [0.25, 0.3) is 0 Å². The third kappa shape index (κ3) is 8.02. The minimum atomic E-state index is -0.257. The third-order valence-electron chi connectivity index (χ3n) is 8.65. The Labute approximate surface area is 224 Å².